The number of hydrogen-bond donors (Lipinski definition) is 2. The van der Waals surface area contributed by atoms with Gasteiger partial charge in [0.2, 0.25) is 10.0 Å². The summed E-state index contributed by atoms with van der Waals surface area (Å²) in [5.41, 5.74) is 0.108. The van der Waals surface area contributed by atoms with E-state index in [1.807, 2.05) is 12.2 Å². The third-order valence-corrected chi connectivity index (χ3v) is 6.39. The number of nitrogens with zero attached hydrogens (tertiary/aromatic N) is 1. The molecule has 1 saturated heterocycles. The molecule has 1 aromatic rings. The highest BCUT2D eigenvalue weighted by molar-refractivity contribution is 7.89. The Labute approximate surface area is 164 Å². The average Bonchev–Trinajstić information content (AvgIpc) is 2.66. The van der Waals surface area contributed by atoms with Crippen LogP contribution in [0.15, 0.2) is 29.2 Å². The summed E-state index contributed by atoms with van der Waals surface area (Å²) in [5, 5.41) is 4.38. The summed E-state index contributed by atoms with van der Waals surface area (Å²) in [4.78, 5) is 34.8. The second-order valence-corrected chi connectivity index (χ2v) is 8.36. The zero-order valence-electron chi connectivity index (χ0n) is 15.9. The van der Waals surface area contributed by atoms with E-state index in [0.29, 0.717) is 13.1 Å². The fraction of sp³-hybridized carbons (Fsp3) is 0.500. The lowest BCUT2D eigenvalue weighted by Crippen LogP contribution is -2.41. The first-order valence-electron chi connectivity index (χ1n) is 9.12. The molecule has 0 aromatic heterocycles. The van der Waals surface area contributed by atoms with Gasteiger partial charge in [0, 0.05) is 19.1 Å². The largest absolute Gasteiger partial charge is 0.452 e. The summed E-state index contributed by atoms with van der Waals surface area (Å²) in [7, 11) is -3.63. The van der Waals surface area contributed by atoms with Gasteiger partial charge in [0.05, 0.1) is 10.5 Å². The number of carbonyl (C=O) groups is 3. The lowest BCUT2D eigenvalue weighted by atomic mass is 10.1. The zero-order valence-corrected chi connectivity index (χ0v) is 16.8. The maximum absolute atomic E-state index is 12.8. The molecule has 28 heavy (non-hydrogen) atoms. The quantitative estimate of drug-likeness (QED) is 0.680. The molecule has 0 saturated carbocycles. The number of piperidine rings is 1. The van der Waals surface area contributed by atoms with Crippen molar-refractivity contribution in [3.8, 4) is 0 Å². The average molecular weight is 411 g/mol. The van der Waals surface area contributed by atoms with Crippen molar-refractivity contribution in [2.45, 2.75) is 44.0 Å². The van der Waals surface area contributed by atoms with Gasteiger partial charge >= 0.3 is 12.0 Å². The first-order chi connectivity index (χ1) is 13.3. The van der Waals surface area contributed by atoms with Gasteiger partial charge in [-0.05, 0) is 51.0 Å². The smallest absolute Gasteiger partial charge is 0.338 e. The normalized spacial score (nSPS) is 17.6. The van der Waals surface area contributed by atoms with Gasteiger partial charge in [0.1, 0.15) is 0 Å². The summed E-state index contributed by atoms with van der Waals surface area (Å²) in [6.45, 7) is 3.79. The van der Waals surface area contributed by atoms with Crippen LogP contribution in [0.1, 0.15) is 43.5 Å². The van der Waals surface area contributed by atoms with E-state index < -0.39 is 34.5 Å². The van der Waals surface area contributed by atoms with Gasteiger partial charge in [0.25, 0.3) is 5.91 Å². The lowest BCUT2D eigenvalue weighted by Gasteiger charge is -2.32. The number of ether oxygens (including phenoxy) is 1. The molecule has 1 aliphatic rings. The first-order valence-corrected chi connectivity index (χ1v) is 10.6. The Morgan fingerprint density at radius 3 is 2.46 bits per heavy atom. The molecule has 1 fully saturated rings. The topological polar surface area (TPSA) is 122 Å². The minimum atomic E-state index is -3.63. The molecule has 154 valence electrons. The van der Waals surface area contributed by atoms with Gasteiger partial charge in [-0.2, -0.15) is 4.31 Å². The first kappa shape index (κ1) is 21.8. The van der Waals surface area contributed by atoms with Crippen LogP contribution in [-0.2, 0) is 19.6 Å². The molecule has 0 aliphatic carbocycles. The highest BCUT2D eigenvalue weighted by atomic mass is 32.2. The van der Waals surface area contributed by atoms with Crippen LogP contribution in [0.2, 0.25) is 0 Å². The second kappa shape index (κ2) is 9.65. The van der Waals surface area contributed by atoms with Crippen molar-refractivity contribution in [2.24, 2.45) is 0 Å². The molecule has 1 heterocycles. The molecular weight excluding hydrogens is 386 g/mol. The van der Waals surface area contributed by atoms with E-state index in [2.05, 4.69) is 5.32 Å². The number of urea groups is 1. The molecule has 1 aliphatic heterocycles. The number of esters is 1. The van der Waals surface area contributed by atoms with Crippen LogP contribution in [-0.4, -0.2) is 56.4 Å². The highest BCUT2D eigenvalue weighted by Gasteiger charge is 2.31. The Morgan fingerprint density at radius 1 is 1.18 bits per heavy atom. The van der Waals surface area contributed by atoms with Gasteiger partial charge in [-0.3, -0.25) is 10.1 Å². The van der Waals surface area contributed by atoms with E-state index in [1.54, 1.807) is 6.92 Å². The van der Waals surface area contributed by atoms with Crippen LogP contribution in [0.4, 0.5) is 4.79 Å². The molecule has 0 radical (unpaired) electrons. The van der Waals surface area contributed by atoms with E-state index in [9.17, 15) is 22.8 Å². The van der Waals surface area contributed by atoms with Gasteiger partial charge in [0.15, 0.2) is 6.61 Å². The molecule has 1 aromatic carbocycles. The molecule has 1 atom stereocenters. The number of rotatable bonds is 6. The number of imide groups is 1. The maximum Gasteiger partial charge on any atom is 0.338 e. The SMILES string of the molecule is CCNC(=O)NC(=O)COC(=O)c1ccc(S(=O)(=O)N2CCCC[C@@H]2C)cc1. The number of amides is 3. The van der Waals surface area contributed by atoms with Crippen molar-refractivity contribution >= 4 is 27.9 Å². The van der Waals surface area contributed by atoms with Crippen molar-refractivity contribution in [3.05, 3.63) is 29.8 Å². The van der Waals surface area contributed by atoms with Gasteiger partial charge in [-0.15, -0.1) is 0 Å². The fourth-order valence-corrected chi connectivity index (χ4v) is 4.61. The van der Waals surface area contributed by atoms with Crippen LogP contribution in [0.25, 0.3) is 0 Å². The van der Waals surface area contributed by atoms with Crippen LogP contribution >= 0.6 is 0 Å². The Balaban J connectivity index is 1.97. The summed E-state index contributed by atoms with van der Waals surface area (Å²) in [6, 6.07) is 4.64. The highest BCUT2D eigenvalue weighted by Crippen LogP contribution is 2.25. The van der Waals surface area contributed by atoms with Crippen LogP contribution < -0.4 is 10.6 Å². The van der Waals surface area contributed by atoms with Gasteiger partial charge < -0.3 is 10.1 Å². The third kappa shape index (κ3) is 5.52. The molecule has 0 spiro atoms. The minimum Gasteiger partial charge on any atom is -0.452 e. The molecule has 2 rings (SSSR count). The Morgan fingerprint density at radius 2 is 1.86 bits per heavy atom. The molecule has 3 amide bonds. The lowest BCUT2D eigenvalue weighted by molar-refractivity contribution is -0.123. The fourth-order valence-electron chi connectivity index (χ4n) is 2.91. The number of carbonyl (C=O) groups excluding carboxylic acids is 3. The number of sulfonamides is 1. The molecule has 0 unspecified atom stereocenters. The second-order valence-electron chi connectivity index (χ2n) is 6.47. The Kier molecular flexibility index (Phi) is 7.53. The van der Waals surface area contributed by atoms with E-state index in [-0.39, 0.29) is 16.5 Å². The number of hydrogen-bond acceptors (Lipinski definition) is 6. The van der Waals surface area contributed by atoms with Crippen molar-refractivity contribution in [2.75, 3.05) is 19.7 Å². The number of nitrogens with one attached hydrogen (secondary N) is 2. The monoisotopic (exact) mass is 411 g/mol. The van der Waals surface area contributed by atoms with E-state index >= 15 is 0 Å². The standard InChI is InChI=1S/C18H25N3O6S/c1-3-19-18(24)20-16(22)12-27-17(23)14-7-9-15(10-8-14)28(25,26)21-11-5-4-6-13(21)2/h7-10,13H,3-6,11-12H2,1-2H3,(H2,19,20,22,24)/t13-/m0/s1. The Hall–Kier alpha value is -2.46. The minimum absolute atomic E-state index is 0.0631. The van der Waals surface area contributed by atoms with E-state index in [1.165, 1.54) is 28.6 Å². The summed E-state index contributed by atoms with van der Waals surface area (Å²) < 4.78 is 31.9. The van der Waals surface area contributed by atoms with Crippen LogP contribution in [0.3, 0.4) is 0 Å². The zero-order chi connectivity index (χ0) is 20.7. The summed E-state index contributed by atoms with van der Waals surface area (Å²) in [5.74, 6) is -1.56. The summed E-state index contributed by atoms with van der Waals surface area (Å²) >= 11 is 0. The summed E-state index contributed by atoms with van der Waals surface area (Å²) in [6.07, 6.45) is 2.65. The molecular formula is C18H25N3O6S. The van der Waals surface area contributed by atoms with Crippen molar-refractivity contribution in [1.82, 2.24) is 14.9 Å². The van der Waals surface area contributed by atoms with Gasteiger partial charge in [-0.1, -0.05) is 6.42 Å². The van der Waals surface area contributed by atoms with Crippen LogP contribution in [0, 0.1) is 0 Å². The third-order valence-electron chi connectivity index (χ3n) is 4.36. The molecule has 0 bridgehead atoms. The molecule has 10 heteroatoms. The predicted molar refractivity (Wildman–Crippen MR) is 101 cm³/mol. The van der Waals surface area contributed by atoms with Crippen molar-refractivity contribution < 1.29 is 27.5 Å². The number of benzene rings is 1. The maximum atomic E-state index is 12.8. The predicted octanol–water partition coefficient (Wildman–Crippen LogP) is 1.25. The molecule has 9 nitrogen and oxygen atoms in total. The van der Waals surface area contributed by atoms with E-state index in [4.69, 9.17) is 4.74 Å². The molecule has 2 N–H and O–H groups in total. The van der Waals surface area contributed by atoms with Crippen molar-refractivity contribution in [3.63, 3.8) is 0 Å². The van der Waals surface area contributed by atoms with Crippen molar-refractivity contribution in [1.29, 1.82) is 0 Å². The Bertz CT molecular complexity index is 822. The van der Waals surface area contributed by atoms with Crippen LogP contribution in [0.5, 0.6) is 0 Å². The van der Waals surface area contributed by atoms with E-state index in [0.717, 1.165) is 19.3 Å². The van der Waals surface area contributed by atoms with Gasteiger partial charge in [-0.25, -0.2) is 18.0 Å².